The van der Waals surface area contributed by atoms with E-state index in [4.69, 9.17) is 9.47 Å². The fourth-order valence-electron chi connectivity index (χ4n) is 0.777. The highest BCUT2D eigenvalue weighted by Crippen LogP contribution is 1.88. The third-order valence-corrected chi connectivity index (χ3v) is 3.00. The molecule has 0 radical (unpaired) electrons. The second kappa shape index (κ2) is 7.98. The first-order valence-corrected chi connectivity index (χ1v) is 8.76. The summed E-state index contributed by atoms with van der Waals surface area (Å²) in [5, 5.41) is 0. The minimum Gasteiger partial charge on any atom is -0.378 e. The predicted molar refractivity (Wildman–Crippen MR) is 62.1 cm³/mol. The van der Waals surface area contributed by atoms with E-state index in [1.807, 2.05) is 0 Å². The molecule has 7 nitrogen and oxygen atoms in total. The molecule has 0 aromatic rings. The highest BCUT2D eigenvalue weighted by molar-refractivity contribution is 7.90. The molecule has 0 spiro atoms. The van der Waals surface area contributed by atoms with Gasteiger partial charge in [-0.25, -0.2) is 8.42 Å². The Bertz CT molecular complexity index is 346. The first-order valence-electron chi connectivity index (χ1n) is 4.88. The van der Waals surface area contributed by atoms with Gasteiger partial charge in [0, 0.05) is 6.26 Å². The van der Waals surface area contributed by atoms with Crippen molar-refractivity contribution >= 4 is 20.0 Å². The van der Waals surface area contributed by atoms with Gasteiger partial charge in [-0.1, -0.05) is 0 Å². The second-order valence-corrected chi connectivity index (χ2v) is 7.28. The Morgan fingerprint density at radius 3 is 1.71 bits per heavy atom. The summed E-state index contributed by atoms with van der Waals surface area (Å²) < 4.78 is 56.9. The van der Waals surface area contributed by atoms with Crippen LogP contribution in [-0.4, -0.2) is 68.1 Å². The minimum absolute atomic E-state index is 0.0236. The largest absolute Gasteiger partial charge is 0.378 e. The van der Waals surface area contributed by atoms with Gasteiger partial charge in [0.25, 0.3) is 10.1 Å². The van der Waals surface area contributed by atoms with Crippen molar-refractivity contribution in [1.29, 1.82) is 0 Å². The van der Waals surface area contributed by atoms with Crippen LogP contribution in [0.5, 0.6) is 0 Å². The molecule has 0 atom stereocenters. The van der Waals surface area contributed by atoms with Gasteiger partial charge in [0.1, 0.15) is 9.84 Å². The van der Waals surface area contributed by atoms with E-state index in [9.17, 15) is 16.8 Å². The normalized spacial score (nSPS) is 12.8. The van der Waals surface area contributed by atoms with Gasteiger partial charge < -0.3 is 9.47 Å². The number of sulfone groups is 1. The van der Waals surface area contributed by atoms with Crippen LogP contribution in [0.3, 0.4) is 0 Å². The third-order valence-electron chi connectivity index (χ3n) is 1.50. The van der Waals surface area contributed by atoms with Crippen LogP contribution in [0, 0.1) is 0 Å². The van der Waals surface area contributed by atoms with Gasteiger partial charge >= 0.3 is 0 Å². The molecule has 0 saturated heterocycles. The number of rotatable bonds is 10. The highest BCUT2D eigenvalue weighted by Gasteiger charge is 2.02. The van der Waals surface area contributed by atoms with Gasteiger partial charge in [-0.05, 0) is 0 Å². The standard InChI is InChI=1S/C8H18O7S2/c1-16(9,10)8-7-14-4-3-13-5-6-15-17(2,11)12/h3-8H2,1-2H3. The van der Waals surface area contributed by atoms with Crippen molar-refractivity contribution in [3.05, 3.63) is 0 Å². The lowest BCUT2D eigenvalue weighted by atomic mass is 10.7. The van der Waals surface area contributed by atoms with E-state index >= 15 is 0 Å². The lowest BCUT2D eigenvalue weighted by Gasteiger charge is -2.05. The number of hydrogen-bond acceptors (Lipinski definition) is 7. The summed E-state index contributed by atoms with van der Waals surface area (Å²) in [6.07, 6.45) is 2.09. The van der Waals surface area contributed by atoms with Crippen molar-refractivity contribution < 1.29 is 30.5 Å². The molecule has 0 rings (SSSR count). The topological polar surface area (TPSA) is 96.0 Å². The van der Waals surface area contributed by atoms with Crippen LogP contribution in [0.15, 0.2) is 0 Å². The van der Waals surface area contributed by atoms with Crippen molar-refractivity contribution in [1.82, 2.24) is 0 Å². The van der Waals surface area contributed by atoms with E-state index in [0.29, 0.717) is 0 Å². The molecule has 0 N–H and O–H groups in total. The quantitative estimate of drug-likeness (QED) is 0.377. The smallest absolute Gasteiger partial charge is 0.264 e. The molecule has 0 unspecified atom stereocenters. The van der Waals surface area contributed by atoms with Crippen LogP contribution in [0.4, 0.5) is 0 Å². The Morgan fingerprint density at radius 2 is 1.24 bits per heavy atom. The molecular formula is C8H18O7S2. The van der Waals surface area contributed by atoms with Crippen LogP contribution in [0.2, 0.25) is 0 Å². The summed E-state index contributed by atoms with van der Waals surface area (Å²) in [7, 11) is -6.41. The molecule has 0 saturated carbocycles. The zero-order chi connectivity index (χ0) is 13.4. The number of hydrogen-bond donors (Lipinski definition) is 0. The zero-order valence-electron chi connectivity index (χ0n) is 9.92. The Labute approximate surface area is 102 Å². The summed E-state index contributed by atoms with van der Waals surface area (Å²) in [6, 6.07) is 0. The molecule has 0 aliphatic rings. The Balaban J connectivity index is 3.25. The van der Waals surface area contributed by atoms with Gasteiger partial charge in [-0.2, -0.15) is 8.42 Å². The van der Waals surface area contributed by atoms with Gasteiger partial charge in [-0.15, -0.1) is 0 Å². The number of ether oxygens (including phenoxy) is 2. The lowest BCUT2D eigenvalue weighted by molar-refractivity contribution is 0.0419. The maximum Gasteiger partial charge on any atom is 0.264 e. The van der Waals surface area contributed by atoms with Crippen LogP contribution in [0.1, 0.15) is 0 Å². The van der Waals surface area contributed by atoms with E-state index in [2.05, 4.69) is 4.18 Å². The van der Waals surface area contributed by atoms with Gasteiger partial charge in [0.2, 0.25) is 0 Å². The Morgan fingerprint density at radius 1 is 0.765 bits per heavy atom. The molecule has 0 amide bonds. The Hall–Kier alpha value is -0.220. The summed E-state index contributed by atoms with van der Waals surface area (Å²) >= 11 is 0. The van der Waals surface area contributed by atoms with Crippen LogP contribution in [0.25, 0.3) is 0 Å². The third kappa shape index (κ3) is 15.8. The molecular weight excluding hydrogens is 272 g/mol. The molecule has 9 heteroatoms. The van der Waals surface area contributed by atoms with Crippen molar-refractivity contribution in [2.75, 3.05) is 51.3 Å². The van der Waals surface area contributed by atoms with E-state index in [1.54, 1.807) is 0 Å². The lowest BCUT2D eigenvalue weighted by Crippen LogP contribution is -2.15. The highest BCUT2D eigenvalue weighted by atomic mass is 32.2. The molecule has 17 heavy (non-hydrogen) atoms. The molecule has 104 valence electrons. The molecule has 0 fully saturated rings. The van der Waals surface area contributed by atoms with Crippen LogP contribution >= 0.6 is 0 Å². The molecule has 0 aromatic heterocycles. The van der Waals surface area contributed by atoms with Gasteiger partial charge in [-0.3, -0.25) is 4.18 Å². The second-order valence-electron chi connectivity index (χ2n) is 3.38. The first kappa shape index (κ1) is 16.8. The fraction of sp³-hybridized carbons (Fsp3) is 1.00. The first-order chi connectivity index (χ1) is 7.71. The zero-order valence-corrected chi connectivity index (χ0v) is 11.5. The van der Waals surface area contributed by atoms with Gasteiger partial charge in [0.05, 0.1) is 45.0 Å². The van der Waals surface area contributed by atoms with E-state index in [1.165, 1.54) is 0 Å². The summed E-state index contributed by atoms with van der Waals surface area (Å²) in [5.74, 6) is -0.0236. The van der Waals surface area contributed by atoms with Crippen LogP contribution < -0.4 is 0 Å². The molecule has 0 aromatic carbocycles. The maximum atomic E-state index is 10.7. The average Bonchev–Trinajstić information content (AvgIpc) is 2.11. The predicted octanol–water partition coefficient (Wildman–Crippen LogP) is -0.960. The summed E-state index contributed by atoms with van der Waals surface area (Å²) in [6.45, 7) is 0.748. The van der Waals surface area contributed by atoms with Crippen molar-refractivity contribution in [2.45, 2.75) is 0 Å². The molecule has 0 bridgehead atoms. The molecule has 0 aliphatic heterocycles. The summed E-state index contributed by atoms with van der Waals surface area (Å²) in [5.41, 5.74) is 0. The molecule has 0 heterocycles. The van der Waals surface area contributed by atoms with E-state index < -0.39 is 20.0 Å². The minimum atomic E-state index is -3.42. The molecule has 0 aliphatic carbocycles. The SMILES string of the molecule is CS(=O)(=O)CCOCCOCCOS(C)(=O)=O. The van der Waals surface area contributed by atoms with Crippen LogP contribution in [-0.2, 0) is 33.6 Å². The van der Waals surface area contributed by atoms with Crippen molar-refractivity contribution in [3.63, 3.8) is 0 Å². The summed E-state index contributed by atoms with van der Waals surface area (Å²) in [4.78, 5) is 0. The van der Waals surface area contributed by atoms with E-state index in [0.717, 1.165) is 12.5 Å². The fourth-order valence-corrected chi connectivity index (χ4v) is 1.57. The monoisotopic (exact) mass is 290 g/mol. The average molecular weight is 290 g/mol. The van der Waals surface area contributed by atoms with Crippen molar-refractivity contribution in [2.24, 2.45) is 0 Å². The maximum absolute atomic E-state index is 10.7. The van der Waals surface area contributed by atoms with Crippen molar-refractivity contribution in [3.8, 4) is 0 Å². The Kier molecular flexibility index (Phi) is 7.88. The van der Waals surface area contributed by atoms with Gasteiger partial charge in [0.15, 0.2) is 0 Å². The van der Waals surface area contributed by atoms with E-state index in [-0.39, 0.29) is 38.8 Å².